The molecule has 8 N–H and O–H groups in total. The van der Waals surface area contributed by atoms with Crippen molar-refractivity contribution in [1.29, 1.82) is 0 Å². The number of aliphatic hydroxyl groups excluding tert-OH is 2. The van der Waals surface area contributed by atoms with Crippen LogP contribution in [-0.4, -0.2) is 95.4 Å². The van der Waals surface area contributed by atoms with Crippen molar-refractivity contribution in [3.8, 4) is 0 Å². The molecule has 0 aliphatic carbocycles. The molecule has 5 atom stereocenters. The van der Waals surface area contributed by atoms with Crippen molar-refractivity contribution in [3.05, 3.63) is 0 Å². The maximum absolute atomic E-state index is 13.1. The highest BCUT2D eigenvalue weighted by atomic mass is 16.4. The summed E-state index contributed by atoms with van der Waals surface area (Å²) in [6.45, 7) is 6.75. The first kappa shape index (κ1) is 40.3. The monoisotopic (exact) mass is 614 g/mol. The highest BCUT2D eigenvalue weighted by Crippen LogP contribution is 2.16. The predicted octanol–water partition coefficient (Wildman–Crippen LogP) is 0.335. The maximum atomic E-state index is 13.1. The third kappa shape index (κ3) is 17.2. The second kappa shape index (κ2) is 21.9. The molecule has 0 aromatic rings. The average molecular weight is 615 g/mol. The molecule has 0 aliphatic heterocycles. The van der Waals surface area contributed by atoms with Crippen molar-refractivity contribution < 1.29 is 44.1 Å². The summed E-state index contributed by atoms with van der Waals surface area (Å²) in [7, 11) is 1.77. The van der Waals surface area contributed by atoms with E-state index in [4.69, 9.17) is 5.73 Å². The van der Waals surface area contributed by atoms with Crippen LogP contribution < -0.4 is 21.7 Å². The molecule has 0 aromatic heterocycles. The molecule has 43 heavy (non-hydrogen) atoms. The van der Waals surface area contributed by atoms with Gasteiger partial charge in [-0.25, -0.2) is 0 Å². The molecule has 0 fully saturated rings. The molecule has 0 saturated carbocycles. The first-order chi connectivity index (χ1) is 20.2. The molecule has 0 saturated heterocycles. The van der Waals surface area contributed by atoms with Gasteiger partial charge in [-0.05, 0) is 51.1 Å². The number of hydrogen-bond acceptors (Lipinski definition) is 10. The van der Waals surface area contributed by atoms with Gasteiger partial charge >= 0.3 is 5.97 Å². The number of Topliss-reactive ketones (excluding diaryl/α,β-unsaturated/α-hetero) is 3. The van der Waals surface area contributed by atoms with Crippen LogP contribution in [0.15, 0.2) is 0 Å². The van der Waals surface area contributed by atoms with E-state index in [-0.39, 0.29) is 43.3 Å². The second-order valence-electron chi connectivity index (χ2n) is 12.1. The lowest BCUT2D eigenvalue weighted by molar-refractivity contribution is -0.144. The van der Waals surface area contributed by atoms with Gasteiger partial charge in [0.1, 0.15) is 11.8 Å². The summed E-state index contributed by atoms with van der Waals surface area (Å²) in [6.07, 6.45) is 1.25. The molecule has 13 nitrogen and oxygen atoms in total. The van der Waals surface area contributed by atoms with Gasteiger partial charge in [0.2, 0.25) is 11.8 Å². The largest absolute Gasteiger partial charge is 0.481 e. The number of hydrogen-bond donors (Lipinski definition) is 7. The van der Waals surface area contributed by atoms with Gasteiger partial charge in [-0.3, -0.25) is 28.8 Å². The smallest absolute Gasteiger partial charge is 0.306 e. The number of carboxylic acids is 1. The van der Waals surface area contributed by atoms with Crippen molar-refractivity contribution in [1.82, 2.24) is 16.0 Å². The summed E-state index contributed by atoms with van der Waals surface area (Å²) < 4.78 is 0. The van der Waals surface area contributed by atoms with Gasteiger partial charge in [-0.1, -0.05) is 34.1 Å². The van der Waals surface area contributed by atoms with E-state index < -0.39 is 85.4 Å². The van der Waals surface area contributed by atoms with Crippen LogP contribution in [0.4, 0.5) is 0 Å². The Kier molecular flexibility index (Phi) is 20.5. The highest BCUT2D eigenvalue weighted by molar-refractivity contribution is 5.95. The lowest BCUT2D eigenvalue weighted by Crippen LogP contribution is -2.49. The van der Waals surface area contributed by atoms with Gasteiger partial charge in [0, 0.05) is 25.7 Å². The van der Waals surface area contributed by atoms with E-state index in [1.807, 2.05) is 27.7 Å². The van der Waals surface area contributed by atoms with E-state index in [1.54, 1.807) is 7.05 Å². The Labute approximate surface area is 255 Å². The van der Waals surface area contributed by atoms with Crippen molar-refractivity contribution in [2.24, 2.45) is 29.4 Å². The Hall–Kier alpha value is -2.74. The van der Waals surface area contributed by atoms with E-state index in [1.165, 1.54) is 0 Å². The minimum atomic E-state index is -1.40. The standard InChI is InChI=1S/C30H54N4O9/c1-18(2)12-22(31)25(37)9-10-28(40)33-23(13-19(3)4)26(38)15-21(16-35)29(41)34-24(17-36)27(39)14-20(30(42)43)8-6-7-11-32-5/h18-24,32,35-36H,6-17,31H2,1-5H3,(H,33,40)(H,34,41)(H,42,43)/t20-,21+,22+,23+,24+/m1/s1. The van der Waals surface area contributed by atoms with Crippen LogP contribution in [-0.2, 0) is 28.8 Å². The number of ketones is 3. The van der Waals surface area contributed by atoms with Crippen LogP contribution in [0.25, 0.3) is 0 Å². The van der Waals surface area contributed by atoms with Gasteiger partial charge < -0.3 is 37.0 Å². The Bertz CT molecular complexity index is 910. The fourth-order valence-corrected chi connectivity index (χ4v) is 4.60. The van der Waals surface area contributed by atoms with Gasteiger partial charge in [0.25, 0.3) is 0 Å². The number of carboxylic acid groups (broad SMARTS) is 1. The summed E-state index contributed by atoms with van der Waals surface area (Å²) in [5.41, 5.74) is 5.89. The van der Waals surface area contributed by atoms with Gasteiger partial charge in [-0.2, -0.15) is 0 Å². The minimum absolute atomic E-state index is 0.00597. The number of rotatable bonds is 25. The number of carbonyl (C=O) groups is 6. The molecule has 0 aromatic carbocycles. The van der Waals surface area contributed by atoms with Crippen LogP contribution in [0.2, 0.25) is 0 Å². The lowest BCUT2D eigenvalue weighted by atomic mass is 9.92. The molecule has 248 valence electrons. The van der Waals surface area contributed by atoms with Crippen LogP contribution in [0.3, 0.4) is 0 Å². The van der Waals surface area contributed by atoms with Crippen molar-refractivity contribution in [3.63, 3.8) is 0 Å². The van der Waals surface area contributed by atoms with E-state index in [2.05, 4.69) is 16.0 Å². The Balaban J connectivity index is 5.26. The Morgan fingerprint density at radius 3 is 1.81 bits per heavy atom. The summed E-state index contributed by atoms with van der Waals surface area (Å²) >= 11 is 0. The molecule has 0 radical (unpaired) electrons. The van der Waals surface area contributed by atoms with E-state index in [0.717, 1.165) is 6.42 Å². The van der Waals surface area contributed by atoms with Gasteiger partial charge in [0.15, 0.2) is 11.6 Å². The molecule has 0 heterocycles. The lowest BCUT2D eigenvalue weighted by Gasteiger charge is -2.23. The fraction of sp³-hybridized carbons (Fsp3) is 0.800. The van der Waals surface area contributed by atoms with Crippen molar-refractivity contribution >= 4 is 35.1 Å². The second-order valence-corrected chi connectivity index (χ2v) is 12.1. The van der Waals surface area contributed by atoms with Crippen LogP contribution in [0, 0.1) is 23.7 Å². The van der Waals surface area contributed by atoms with Gasteiger partial charge in [0.05, 0.1) is 37.1 Å². The summed E-state index contributed by atoms with van der Waals surface area (Å²) in [6, 6.07) is -3.04. The molecule has 0 rings (SSSR count). The average Bonchev–Trinajstić information content (AvgIpc) is 2.93. The van der Waals surface area contributed by atoms with Gasteiger partial charge in [-0.15, -0.1) is 0 Å². The minimum Gasteiger partial charge on any atom is -0.481 e. The number of carbonyl (C=O) groups excluding carboxylic acids is 5. The fourth-order valence-electron chi connectivity index (χ4n) is 4.60. The van der Waals surface area contributed by atoms with E-state index in [0.29, 0.717) is 19.4 Å². The first-order valence-electron chi connectivity index (χ1n) is 15.2. The van der Waals surface area contributed by atoms with Crippen LogP contribution >= 0.6 is 0 Å². The predicted molar refractivity (Wildman–Crippen MR) is 161 cm³/mol. The number of nitrogens with one attached hydrogen (secondary N) is 3. The SMILES string of the molecule is CNCCCC[C@H](CC(=O)[C@H](CO)NC(=O)[C@H](CO)CC(=O)[C@H](CC(C)C)NC(=O)CCC(=O)[C@@H](N)CC(C)C)C(=O)O. The van der Waals surface area contributed by atoms with Crippen molar-refractivity contribution in [2.45, 2.75) is 104 Å². The maximum Gasteiger partial charge on any atom is 0.306 e. The Morgan fingerprint density at radius 1 is 0.721 bits per heavy atom. The zero-order valence-electron chi connectivity index (χ0n) is 26.4. The quantitative estimate of drug-likeness (QED) is 0.0694. The molecule has 0 bridgehead atoms. The van der Waals surface area contributed by atoms with E-state index in [9.17, 15) is 44.1 Å². The van der Waals surface area contributed by atoms with E-state index >= 15 is 0 Å². The molecule has 13 heteroatoms. The zero-order chi connectivity index (χ0) is 33.1. The molecular weight excluding hydrogens is 560 g/mol. The third-order valence-electron chi connectivity index (χ3n) is 7.12. The number of amides is 2. The molecule has 0 spiro atoms. The molecule has 0 unspecified atom stereocenters. The molecule has 2 amide bonds. The Morgan fingerprint density at radius 2 is 1.30 bits per heavy atom. The number of aliphatic carboxylic acids is 1. The topological polar surface area (TPSA) is 225 Å². The third-order valence-corrected chi connectivity index (χ3v) is 7.12. The number of nitrogens with two attached hydrogens (primary N) is 1. The number of unbranched alkanes of at least 4 members (excludes halogenated alkanes) is 1. The highest BCUT2D eigenvalue weighted by Gasteiger charge is 2.32. The zero-order valence-corrected chi connectivity index (χ0v) is 26.4. The van der Waals surface area contributed by atoms with Crippen LogP contribution in [0.5, 0.6) is 0 Å². The molecule has 0 aliphatic rings. The summed E-state index contributed by atoms with van der Waals surface area (Å²) in [5.74, 6) is -5.99. The van der Waals surface area contributed by atoms with Crippen LogP contribution in [0.1, 0.15) is 85.5 Å². The normalized spacial score (nSPS) is 14.9. The summed E-state index contributed by atoms with van der Waals surface area (Å²) in [5, 5.41) is 37.0. The number of aliphatic hydroxyl groups is 2. The van der Waals surface area contributed by atoms with Crippen molar-refractivity contribution in [2.75, 3.05) is 26.8 Å². The first-order valence-corrected chi connectivity index (χ1v) is 15.2. The molecular formula is C30H54N4O9. The summed E-state index contributed by atoms with van der Waals surface area (Å²) in [4.78, 5) is 75.2.